The molecule has 5 nitrogen and oxygen atoms in total. The molecule has 1 aromatic rings. The molecule has 0 aliphatic carbocycles. The molecule has 0 saturated carbocycles. The maximum absolute atomic E-state index is 12.8. The van der Waals surface area contributed by atoms with Crippen LogP contribution in [0, 0.1) is 5.92 Å². The number of nitrogens with two attached hydrogens (primary N) is 1. The van der Waals surface area contributed by atoms with Gasteiger partial charge in [0.25, 0.3) is 0 Å². The molecule has 0 spiro atoms. The van der Waals surface area contributed by atoms with E-state index in [4.69, 9.17) is 15.2 Å². The molecule has 2 aliphatic heterocycles. The summed E-state index contributed by atoms with van der Waals surface area (Å²) in [5, 5.41) is 0. The highest BCUT2D eigenvalue weighted by molar-refractivity contribution is 5.86. The smallest absolute Gasteiger partial charge is 0.242 e. The highest BCUT2D eigenvalue weighted by atomic mass is 16.5. The van der Waals surface area contributed by atoms with Crippen molar-refractivity contribution >= 4 is 5.91 Å². The third-order valence-electron chi connectivity index (χ3n) is 5.71. The van der Waals surface area contributed by atoms with E-state index in [0.29, 0.717) is 32.0 Å². The zero-order valence-electron chi connectivity index (χ0n) is 15.2. The van der Waals surface area contributed by atoms with Crippen molar-refractivity contribution in [2.45, 2.75) is 44.1 Å². The number of likely N-dealkylation sites (tertiary alicyclic amines) is 1. The maximum atomic E-state index is 12.8. The van der Waals surface area contributed by atoms with Crippen LogP contribution < -0.4 is 10.5 Å². The molecular weight excluding hydrogens is 316 g/mol. The van der Waals surface area contributed by atoms with Gasteiger partial charge in [-0.05, 0) is 62.1 Å². The number of piperidine rings is 1. The predicted molar refractivity (Wildman–Crippen MR) is 97.6 cm³/mol. The van der Waals surface area contributed by atoms with Crippen LogP contribution >= 0.6 is 0 Å². The minimum atomic E-state index is -0.700. The SMILES string of the molecule is COc1ccc(CCC2CCN(C(=O)C3(N)CCOCC3)CC2)cc1. The summed E-state index contributed by atoms with van der Waals surface area (Å²) in [6, 6.07) is 8.32. The van der Waals surface area contributed by atoms with Gasteiger partial charge in [0, 0.05) is 26.3 Å². The molecule has 25 heavy (non-hydrogen) atoms. The standard InChI is InChI=1S/C20H30N2O3/c1-24-18-6-4-16(5-7-18)2-3-17-8-12-22(13-9-17)19(23)20(21)10-14-25-15-11-20/h4-7,17H,2-3,8-15,21H2,1H3. The lowest BCUT2D eigenvalue weighted by Gasteiger charge is -2.40. The van der Waals surface area contributed by atoms with Crippen LogP contribution in [0.3, 0.4) is 0 Å². The lowest BCUT2D eigenvalue weighted by Crippen LogP contribution is -2.59. The number of hydrogen-bond acceptors (Lipinski definition) is 4. The molecule has 138 valence electrons. The third kappa shape index (κ3) is 4.53. The Morgan fingerprint density at radius 1 is 1.24 bits per heavy atom. The van der Waals surface area contributed by atoms with Crippen molar-refractivity contribution in [2.75, 3.05) is 33.4 Å². The van der Waals surface area contributed by atoms with Crippen LogP contribution in [-0.4, -0.2) is 49.8 Å². The highest BCUT2D eigenvalue weighted by Crippen LogP contribution is 2.27. The Morgan fingerprint density at radius 2 is 1.88 bits per heavy atom. The number of carbonyl (C=O) groups is 1. The lowest BCUT2D eigenvalue weighted by atomic mass is 9.86. The Labute approximate surface area is 150 Å². The van der Waals surface area contributed by atoms with Crippen molar-refractivity contribution in [1.29, 1.82) is 0 Å². The summed E-state index contributed by atoms with van der Waals surface area (Å²) >= 11 is 0. The molecule has 0 atom stereocenters. The quantitative estimate of drug-likeness (QED) is 0.889. The molecule has 2 aliphatic rings. The second kappa shape index (κ2) is 8.19. The molecule has 1 amide bonds. The monoisotopic (exact) mass is 346 g/mol. The first-order valence-electron chi connectivity index (χ1n) is 9.40. The van der Waals surface area contributed by atoms with Gasteiger partial charge in [-0.1, -0.05) is 12.1 Å². The number of amides is 1. The number of hydrogen-bond donors (Lipinski definition) is 1. The third-order valence-corrected chi connectivity index (χ3v) is 5.71. The summed E-state index contributed by atoms with van der Waals surface area (Å²) in [6.45, 7) is 2.87. The van der Waals surface area contributed by atoms with E-state index < -0.39 is 5.54 Å². The van der Waals surface area contributed by atoms with Crippen LogP contribution in [-0.2, 0) is 16.0 Å². The Bertz CT molecular complexity index is 559. The number of nitrogens with zero attached hydrogens (tertiary/aromatic N) is 1. The van der Waals surface area contributed by atoms with Gasteiger partial charge in [-0.25, -0.2) is 0 Å². The number of ether oxygens (including phenoxy) is 2. The van der Waals surface area contributed by atoms with Crippen molar-refractivity contribution in [3.63, 3.8) is 0 Å². The van der Waals surface area contributed by atoms with Crippen LogP contribution in [0.2, 0.25) is 0 Å². The second-order valence-corrected chi connectivity index (χ2v) is 7.39. The van der Waals surface area contributed by atoms with E-state index in [1.54, 1.807) is 7.11 Å². The van der Waals surface area contributed by atoms with Gasteiger partial charge in [-0.2, -0.15) is 0 Å². The maximum Gasteiger partial charge on any atom is 0.242 e. The predicted octanol–water partition coefficient (Wildman–Crippen LogP) is 2.37. The molecule has 2 fully saturated rings. The Balaban J connectivity index is 1.44. The normalized spacial score (nSPS) is 21.1. The van der Waals surface area contributed by atoms with Crippen LogP contribution in [0.1, 0.15) is 37.7 Å². The van der Waals surface area contributed by atoms with Gasteiger partial charge in [0.05, 0.1) is 12.6 Å². The van der Waals surface area contributed by atoms with E-state index in [9.17, 15) is 4.79 Å². The summed E-state index contributed by atoms with van der Waals surface area (Å²) in [5.41, 5.74) is 6.99. The first kappa shape index (κ1) is 18.2. The topological polar surface area (TPSA) is 64.8 Å². The molecule has 1 aromatic carbocycles. The van der Waals surface area contributed by atoms with E-state index >= 15 is 0 Å². The van der Waals surface area contributed by atoms with Gasteiger partial charge in [-0.3, -0.25) is 4.79 Å². The number of carbonyl (C=O) groups excluding carboxylic acids is 1. The van der Waals surface area contributed by atoms with Crippen molar-refractivity contribution in [3.8, 4) is 5.75 Å². The Kier molecular flexibility index (Phi) is 5.97. The molecule has 5 heteroatoms. The van der Waals surface area contributed by atoms with E-state index in [2.05, 4.69) is 12.1 Å². The average molecular weight is 346 g/mol. The summed E-state index contributed by atoms with van der Waals surface area (Å²) < 4.78 is 10.5. The fourth-order valence-electron chi connectivity index (χ4n) is 3.85. The molecule has 3 rings (SSSR count). The highest BCUT2D eigenvalue weighted by Gasteiger charge is 2.39. The first-order valence-corrected chi connectivity index (χ1v) is 9.40. The van der Waals surface area contributed by atoms with Gasteiger partial charge >= 0.3 is 0 Å². The molecule has 0 radical (unpaired) electrons. The first-order chi connectivity index (χ1) is 12.1. The summed E-state index contributed by atoms with van der Waals surface area (Å²) in [7, 11) is 1.69. The Hall–Kier alpha value is -1.59. The molecule has 0 aromatic heterocycles. The van der Waals surface area contributed by atoms with Gasteiger partial charge in [0.1, 0.15) is 5.75 Å². The molecule has 0 bridgehead atoms. The van der Waals surface area contributed by atoms with Crippen molar-refractivity contribution in [1.82, 2.24) is 4.90 Å². The summed E-state index contributed by atoms with van der Waals surface area (Å²) in [6.07, 6.45) is 5.70. The van der Waals surface area contributed by atoms with E-state index in [1.807, 2.05) is 17.0 Å². The van der Waals surface area contributed by atoms with Crippen molar-refractivity contribution in [3.05, 3.63) is 29.8 Å². The van der Waals surface area contributed by atoms with E-state index in [1.165, 1.54) is 12.0 Å². The number of aryl methyl sites for hydroxylation is 1. The molecule has 2 saturated heterocycles. The molecule has 2 heterocycles. The largest absolute Gasteiger partial charge is 0.497 e. The average Bonchev–Trinajstić information content (AvgIpc) is 2.67. The number of methoxy groups -OCH3 is 1. The van der Waals surface area contributed by atoms with E-state index in [-0.39, 0.29) is 5.91 Å². The Morgan fingerprint density at radius 3 is 2.48 bits per heavy atom. The van der Waals surface area contributed by atoms with Crippen molar-refractivity contribution < 1.29 is 14.3 Å². The van der Waals surface area contributed by atoms with E-state index in [0.717, 1.165) is 38.1 Å². The van der Waals surface area contributed by atoms with Gasteiger partial charge < -0.3 is 20.1 Å². The van der Waals surface area contributed by atoms with Crippen LogP contribution in [0.5, 0.6) is 5.75 Å². The minimum Gasteiger partial charge on any atom is -0.497 e. The van der Waals surface area contributed by atoms with Crippen LogP contribution in [0.4, 0.5) is 0 Å². The van der Waals surface area contributed by atoms with Gasteiger partial charge in [0.15, 0.2) is 0 Å². The van der Waals surface area contributed by atoms with Crippen LogP contribution in [0.15, 0.2) is 24.3 Å². The zero-order valence-corrected chi connectivity index (χ0v) is 15.2. The van der Waals surface area contributed by atoms with Crippen molar-refractivity contribution in [2.24, 2.45) is 11.7 Å². The minimum absolute atomic E-state index is 0.129. The lowest BCUT2D eigenvalue weighted by molar-refractivity contribution is -0.142. The fourth-order valence-corrected chi connectivity index (χ4v) is 3.85. The molecule has 0 unspecified atom stereocenters. The van der Waals surface area contributed by atoms with Crippen LogP contribution in [0.25, 0.3) is 0 Å². The molecular formula is C20H30N2O3. The summed E-state index contributed by atoms with van der Waals surface area (Å²) in [4.78, 5) is 14.7. The number of benzene rings is 1. The number of rotatable bonds is 5. The van der Waals surface area contributed by atoms with Gasteiger partial charge in [0.2, 0.25) is 5.91 Å². The van der Waals surface area contributed by atoms with Gasteiger partial charge in [-0.15, -0.1) is 0 Å². The second-order valence-electron chi connectivity index (χ2n) is 7.39. The summed E-state index contributed by atoms with van der Waals surface area (Å²) in [5.74, 6) is 1.72. The zero-order chi connectivity index (χ0) is 17.7. The fraction of sp³-hybridized carbons (Fsp3) is 0.650. The molecule has 2 N–H and O–H groups in total.